The number of nitrogens with zero attached hydrogens (tertiary/aromatic N) is 2. The number of hydrogen-bond acceptors (Lipinski definition) is 5. The standard InChI is InChI=1S/C18H23FN2O4/c1-17(2,3)25-16(23)21-10-18(11-21)8-20(9-18)12-5-6-13(14(19)7-12)15(22)24-4/h5-7H,8-11H2,1-4H3. The number of anilines is 1. The summed E-state index contributed by atoms with van der Waals surface area (Å²) in [6, 6.07) is 4.51. The maximum atomic E-state index is 14.0. The summed E-state index contributed by atoms with van der Waals surface area (Å²) in [6.45, 7) is 8.35. The highest BCUT2D eigenvalue weighted by molar-refractivity contribution is 5.90. The number of esters is 1. The summed E-state index contributed by atoms with van der Waals surface area (Å²) in [5.41, 5.74) is 0.228. The van der Waals surface area contributed by atoms with Gasteiger partial charge in [0.05, 0.1) is 12.7 Å². The molecule has 136 valence electrons. The number of ether oxygens (including phenoxy) is 2. The summed E-state index contributed by atoms with van der Waals surface area (Å²) in [4.78, 5) is 27.2. The van der Waals surface area contributed by atoms with Crippen LogP contribution in [0.1, 0.15) is 31.1 Å². The van der Waals surface area contributed by atoms with Crippen molar-refractivity contribution in [3.8, 4) is 0 Å². The van der Waals surface area contributed by atoms with Crippen LogP contribution in [0.3, 0.4) is 0 Å². The molecular formula is C18H23FN2O4. The van der Waals surface area contributed by atoms with Crippen LogP contribution in [0.25, 0.3) is 0 Å². The van der Waals surface area contributed by atoms with Crippen molar-refractivity contribution in [3.05, 3.63) is 29.6 Å². The SMILES string of the molecule is COC(=O)c1ccc(N2CC3(CN(C(=O)OC(C)(C)C)C3)C2)cc1F. The normalized spacial score (nSPS) is 18.4. The first-order valence-electron chi connectivity index (χ1n) is 8.23. The Bertz CT molecular complexity index is 700. The van der Waals surface area contributed by atoms with Gasteiger partial charge < -0.3 is 19.3 Å². The number of carbonyl (C=O) groups excluding carboxylic acids is 2. The van der Waals surface area contributed by atoms with Crippen molar-refractivity contribution in [1.29, 1.82) is 0 Å². The fourth-order valence-electron chi connectivity index (χ4n) is 3.34. The highest BCUT2D eigenvalue weighted by Gasteiger charge is 2.54. The van der Waals surface area contributed by atoms with Crippen molar-refractivity contribution in [2.75, 3.05) is 38.2 Å². The second-order valence-corrected chi connectivity index (χ2v) is 7.85. The van der Waals surface area contributed by atoms with E-state index in [0.717, 1.165) is 18.8 Å². The molecule has 0 radical (unpaired) electrons. The molecule has 2 aliphatic rings. The second-order valence-electron chi connectivity index (χ2n) is 7.85. The van der Waals surface area contributed by atoms with Crippen LogP contribution in [0.5, 0.6) is 0 Å². The predicted octanol–water partition coefficient (Wildman–Crippen LogP) is 2.67. The smallest absolute Gasteiger partial charge is 0.410 e. The number of benzene rings is 1. The first-order chi connectivity index (χ1) is 11.6. The molecule has 1 spiro atoms. The van der Waals surface area contributed by atoms with E-state index in [1.165, 1.54) is 19.2 Å². The molecular weight excluding hydrogens is 327 g/mol. The molecule has 0 N–H and O–H groups in total. The third-order valence-electron chi connectivity index (χ3n) is 4.48. The fourth-order valence-corrected chi connectivity index (χ4v) is 3.34. The number of likely N-dealkylation sites (tertiary alicyclic amines) is 1. The van der Waals surface area contributed by atoms with Crippen LogP contribution in [0.2, 0.25) is 0 Å². The molecule has 1 aromatic carbocycles. The summed E-state index contributed by atoms with van der Waals surface area (Å²) >= 11 is 0. The number of rotatable bonds is 2. The second kappa shape index (κ2) is 5.89. The van der Waals surface area contributed by atoms with Crippen LogP contribution < -0.4 is 4.90 Å². The van der Waals surface area contributed by atoms with Crippen molar-refractivity contribution < 1.29 is 23.5 Å². The van der Waals surface area contributed by atoms with Gasteiger partial charge in [0.15, 0.2) is 0 Å². The number of hydrogen-bond donors (Lipinski definition) is 0. The van der Waals surface area contributed by atoms with Gasteiger partial charge in [-0.3, -0.25) is 0 Å². The van der Waals surface area contributed by atoms with E-state index in [9.17, 15) is 14.0 Å². The molecule has 6 nitrogen and oxygen atoms in total. The molecule has 25 heavy (non-hydrogen) atoms. The van der Waals surface area contributed by atoms with Gasteiger partial charge in [-0.05, 0) is 39.0 Å². The molecule has 0 atom stereocenters. The molecule has 0 aliphatic carbocycles. The van der Waals surface area contributed by atoms with Gasteiger partial charge in [0.25, 0.3) is 0 Å². The van der Waals surface area contributed by atoms with E-state index >= 15 is 0 Å². The van der Waals surface area contributed by atoms with E-state index in [1.54, 1.807) is 11.0 Å². The first-order valence-corrected chi connectivity index (χ1v) is 8.23. The third kappa shape index (κ3) is 3.41. The zero-order valence-corrected chi connectivity index (χ0v) is 15.0. The van der Waals surface area contributed by atoms with E-state index in [0.29, 0.717) is 13.1 Å². The minimum atomic E-state index is -0.684. The van der Waals surface area contributed by atoms with Crippen LogP contribution in [0.15, 0.2) is 18.2 Å². The largest absolute Gasteiger partial charge is 0.465 e. The molecule has 1 amide bonds. The molecule has 0 saturated carbocycles. The Labute approximate surface area is 146 Å². The minimum absolute atomic E-state index is 0.0639. The Balaban J connectivity index is 1.55. The lowest BCUT2D eigenvalue weighted by Crippen LogP contribution is -2.73. The number of amides is 1. The van der Waals surface area contributed by atoms with Gasteiger partial charge in [-0.15, -0.1) is 0 Å². The Hall–Kier alpha value is -2.31. The van der Waals surface area contributed by atoms with E-state index in [4.69, 9.17) is 4.74 Å². The average Bonchev–Trinajstić information content (AvgIpc) is 2.41. The van der Waals surface area contributed by atoms with Gasteiger partial charge in [-0.1, -0.05) is 0 Å². The quantitative estimate of drug-likeness (QED) is 0.768. The lowest BCUT2D eigenvalue weighted by molar-refractivity contribution is -0.0453. The molecule has 0 aromatic heterocycles. The van der Waals surface area contributed by atoms with E-state index in [2.05, 4.69) is 4.74 Å². The average molecular weight is 350 g/mol. The van der Waals surface area contributed by atoms with E-state index < -0.39 is 17.4 Å². The van der Waals surface area contributed by atoms with Crippen LogP contribution in [0.4, 0.5) is 14.9 Å². The predicted molar refractivity (Wildman–Crippen MR) is 90.2 cm³/mol. The van der Waals surface area contributed by atoms with E-state index in [1.807, 2.05) is 25.7 Å². The van der Waals surface area contributed by atoms with Gasteiger partial charge in [-0.2, -0.15) is 0 Å². The highest BCUT2D eigenvalue weighted by atomic mass is 19.1. The van der Waals surface area contributed by atoms with Crippen LogP contribution >= 0.6 is 0 Å². The topological polar surface area (TPSA) is 59.1 Å². The van der Waals surface area contributed by atoms with Crippen molar-refractivity contribution in [2.24, 2.45) is 5.41 Å². The summed E-state index contributed by atoms with van der Waals surface area (Å²) in [6.07, 6.45) is -0.287. The van der Waals surface area contributed by atoms with Gasteiger partial charge in [0.2, 0.25) is 0 Å². The van der Waals surface area contributed by atoms with Crippen molar-refractivity contribution >= 4 is 17.7 Å². The summed E-state index contributed by atoms with van der Waals surface area (Å²) in [7, 11) is 1.22. The Kier molecular flexibility index (Phi) is 4.13. The fraction of sp³-hybridized carbons (Fsp3) is 0.556. The molecule has 7 heteroatoms. The maximum Gasteiger partial charge on any atom is 0.410 e. The van der Waals surface area contributed by atoms with Gasteiger partial charge in [-0.25, -0.2) is 14.0 Å². The molecule has 3 rings (SSSR count). The van der Waals surface area contributed by atoms with Gasteiger partial charge in [0.1, 0.15) is 11.4 Å². The molecule has 0 bridgehead atoms. The number of carbonyl (C=O) groups is 2. The summed E-state index contributed by atoms with van der Waals surface area (Å²) < 4.78 is 23.9. The Morgan fingerprint density at radius 2 is 1.80 bits per heavy atom. The summed E-state index contributed by atoms with van der Waals surface area (Å²) in [5.74, 6) is -1.27. The molecule has 1 aromatic rings. The van der Waals surface area contributed by atoms with Crippen molar-refractivity contribution in [2.45, 2.75) is 26.4 Å². The molecule has 0 unspecified atom stereocenters. The zero-order valence-electron chi connectivity index (χ0n) is 15.0. The molecule has 2 fully saturated rings. The molecule has 2 heterocycles. The van der Waals surface area contributed by atoms with Gasteiger partial charge in [0, 0.05) is 37.3 Å². The maximum absolute atomic E-state index is 14.0. The molecule has 2 aliphatic heterocycles. The van der Waals surface area contributed by atoms with E-state index in [-0.39, 0.29) is 17.1 Å². The van der Waals surface area contributed by atoms with Crippen molar-refractivity contribution in [3.63, 3.8) is 0 Å². The Morgan fingerprint density at radius 1 is 1.16 bits per heavy atom. The van der Waals surface area contributed by atoms with Crippen LogP contribution in [0, 0.1) is 11.2 Å². The number of methoxy groups -OCH3 is 1. The highest BCUT2D eigenvalue weighted by Crippen LogP contribution is 2.42. The molecule has 2 saturated heterocycles. The van der Waals surface area contributed by atoms with Crippen LogP contribution in [-0.4, -0.2) is 55.9 Å². The summed E-state index contributed by atoms with van der Waals surface area (Å²) in [5, 5.41) is 0. The monoisotopic (exact) mass is 350 g/mol. The van der Waals surface area contributed by atoms with Crippen LogP contribution in [-0.2, 0) is 9.47 Å². The minimum Gasteiger partial charge on any atom is -0.465 e. The lowest BCUT2D eigenvalue weighted by Gasteiger charge is -2.60. The van der Waals surface area contributed by atoms with Gasteiger partial charge >= 0.3 is 12.1 Å². The number of halogens is 1. The van der Waals surface area contributed by atoms with Crippen molar-refractivity contribution in [1.82, 2.24) is 4.90 Å². The third-order valence-corrected chi connectivity index (χ3v) is 4.48. The zero-order chi connectivity index (χ0) is 18.4. The Morgan fingerprint density at radius 3 is 2.32 bits per heavy atom. The lowest BCUT2D eigenvalue weighted by atomic mass is 9.73. The first kappa shape index (κ1) is 17.5.